The summed E-state index contributed by atoms with van der Waals surface area (Å²) in [5, 5.41) is 3.50. The maximum Gasteiger partial charge on any atom is 0.158 e. The smallest absolute Gasteiger partial charge is 0.158 e. The second-order valence-corrected chi connectivity index (χ2v) is 5.15. The van der Waals surface area contributed by atoms with Crippen molar-refractivity contribution in [2.24, 2.45) is 0 Å². The maximum atomic E-state index is 5.62. The molecule has 0 aliphatic carbocycles. The molecule has 3 rings (SSSR count). The van der Waals surface area contributed by atoms with Crippen molar-refractivity contribution in [2.75, 3.05) is 26.3 Å². The number of nitrogens with one attached hydrogen (secondary N) is 1. The predicted molar refractivity (Wildman–Crippen MR) is 68.3 cm³/mol. The van der Waals surface area contributed by atoms with Gasteiger partial charge in [-0.2, -0.15) is 0 Å². The molecule has 2 aliphatic heterocycles. The fraction of sp³-hybridized carbons (Fsp3) is 0.643. The molecule has 1 aromatic rings. The molecule has 0 spiro atoms. The van der Waals surface area contributed by atoms with Gasteiger partial charge in [-0.1, -0.05) is 6.07 Å². The van der Waals surface area contributed by atoms with Crippen LogP contribution in [0.25, 0.3) is 0 Å². The highest BCUT2D eigenvalue weighted by atomic mass is 16.7. The molecule has 0 saturated carbocycles. The van der Waals surface area contributed by atoms with Gasteiger partial charge < -0.3 is 14.8 Å². The Morgan fingerprint density at radius 3 is 2.89 bits per heavy atom. The predicted octanol–water partition coefficient (Wildman–Crippen LogP) is 1.47. The molecule has 1 aromatic heterocycles. The molecule has 3 heterocycles. The van der Waals surface area contributed by atoms with Gasteiger partial charge in [0, 0.05) is 30.3 Å². The van der Waals surface area contributed by atoms with Gasteiger partial charge in [-0.25, -0.2) is 0 Å². The van der Waals surface area contributed by atoms with Crippen molar-refractivity contribution in [1.82, 2.24) is 10.3 Å². The number of nitrogens with zero attached hydrogens (tertiary/aromatic N) is 1. The van der Waals surface area contributed by atoms with E-state index in [1.165, 1.54) is 6.42 Å². The van der Waals surface area contributed by atoms with Crippen LogP contribution in [0, 0.1) is 0 Å². The van der Waals surface area contributed by atoms with Crippen molar-refractivity contribution in [2.45, 2.75) is 31.0 Å². The van der Waals surface area contributed by atoms with Crippen LogP contribution in [-0.2, 0) is 14.9 Å². The van der Waals surface area contributed by atoms with Crippen molar-refractivity contribution in [3.05, 3.63) is 30.1 Å². The average molecular weight is 248 g/mol. The van der Waals surface area contributed by atoms with Crippen molar-refractivity contribution in [1.29, 1.82) is 0 Å². The summed E-state index contributed by atoms with van der Waals surface area (Å²) in [7, 11) is 0. The van der Waals surface area contributed by atoms with E-state index in [9.17, 15) is 0 Å². The third-order valence-corrected chi connectivity index (χ3v) is 3.93. The number of aromatic nitrogens is 1. The van der Waals surface area contributed by atoms with Crippen LogP contribution in [0.15, 0.2) is 24.4 Å². The van der Waals surface area contributed by atoms with Crippen LogP contribution in [0.4, 0.5) is 0 Å². The van der Waals surface area contributed by atoms with Gasteiger partial charge in [0.25, 0.3) is 0 Å². The first-order valence-electron chi connectivity index (χ1n) is 6.75. The zero-order valence-corrected chi connectivity index (χ0v) is 10.6. The van der Waals surface area contributed by atoms with E-state index in [1.807, 2.05) is 12.3 Å². The Morgan fingerprint density at radius 2 is 2.22 bits per heavy atom. The summed E-state index contributed by atoms with van der Waals surface area (Å²) < 4.78 is 11.2. The van der Waals surface area contributed by atoms with E-state index < -0.39 is 0 Å². The summed E-state index contributed by atoms with van der Waals surface area (Å²) in [6, 6.07) is 6.16. The summed E-state index contributed by atoms with van der Waals surface area (Å²) in [5.41, 5.74) is 1.23. The Morgan fingerprint density at radius 1 is 1.33 bits per heavy atom. The maximum absolute atomic E-state index is 5.62. The van der Waals surface area contributed by atoms with Gasteiger partial charge >= 0.3 is 0 Å². The molecule has 2 fully saturated rings. The molecule has 4 nitrogen and oxygen atoms in total. The van der Waals surface area contributed by atoms with Crippen LogP contribution in [-0.4, -0.2) is 37.6 Å². The molecule has 1 N–H and O–H groups in total. The first-order chi connectivity index (χ1) is 8.89. The topological polar surface area (TPSA) is 43.4 Å². The molecule has 98 valence electrons. The summed E-state index contributed by atoms with van der Waals surface area (Å²) in [6.07, 6.45) is 5.05. The quantitative estimate of drug-likeness (QED) is 0.879. The van der Waals surface area contributed by atoms with Gasteiger partial charge in [-0.3, -0.25) is 4.98 Å². The Balaban J connectivity index is 1.83. The minimum atomic E-state index is -0.0630. The fourth-order valence-corrected chi connectivity index (χ4v) is 2.99. The number of hydrogen-bond acceptors (Lipinski definition) is 4. The molecule has 0 bridgehead atoms. The molecular formula is C14H20N2O2. The second-order valence-electron chi connectivity index (χ2n) is 5.15. The highest BCUT2D eigenvalue weighted by Gasteiger charge is 2.39. The van der Waals surface area contributed by atoms with Crippen molar-refractivity contribution < 1.29 is 9.47 Å². The summed E-state index contributed by atoms with van der Waals surface area (Å²) in [4.78, 5) is 4.57. The fourth-order valence-electron chi connectivity index (χ4n) is 2.99. The van der Waals surface area contributed by atoms with Crippen LogP contribution in [0.3, 0.4) is 0 Å². The van der Waals surface area contributed by atoms with Crippen LogP contribution in [0.5, 0.6) is 0 Å². The van der Waals surface area contributed by atoms with E-state index in [1.54, 1.807) is 0 Å². The number of pyridine rings is 1. The van der Waals surface area contributed by atoms with Crippen LogP contribution in [0.2, 0.25) is 0 Å². The van der Waals surface area contributed by atoms with Gasteiger partial charge in [0.05, 0.1) is 13.2 Å². The third-order valence-electron chi connectivity index (χ3n) is 3.93. The minimum absolute atomic E-state index is 0.0630. The Labute approximate surface area is 108 Å². The first kappa shape index (κ1) is 12.1. The highest BCUT2D eigenvalue weighted by molar-refractivity contribution is 5.19. The molecule has 2 saturated heterocycles. The Kier molecular flexibility index (Phi) is 3.59. The van der Waals surface area contributed by atoms with E-state index in [0.717, 1.165) is 44.8 Å². The van der Waals surface area contributed by atoms with Crippen LogP contribution >= 0.6 is 0 Å². The Hall–Kier alpha value is -0.970. The minimum Gasteiger partial charge on any atom is -0.350 e. The lowest BCUT2D eigenvalue weighted by atomic mass is 9.74. The summed E-state index contributed by atoms with van der Waals surface area (Å²) in [6.45, 7) is 3.50. The monoisotopic (exact) mass is 248 g/mol. The van der Waals surface area contributed by atoms with Crippen molar-refractivity contribution in [3.63, 3.8) is 0 Å². The zero-order valence-electron chi connectivity index (χ0n) is 10.6. The Bertz CT molecular complexity index is 371. The van der Waals surface area contributed by atoms with E-state index in [2.05, 4.69) is 22.4 Å². The summed E-state index contributed by atoms with van der Waals surface area (Å²) >= 11 is 0. The SMILES string of the molecule is c1ccc(C2(CC3OCCO3)CCCNC2)nc1. The lowest BCUT2D eigenvalue weighted by Crippen LogP contribution is -2.46. The largest absolute Gasteiger partial charge is 0.350 e. The molecule has 4 heteroatoms. The molecule has 2 aliphatic rings. The van der Waals surface area contributed by atoms with Gasteiger partial charge in [0.15, 0.2) is 6.29 Å². The van der Waals surface area contributed by atoms with Crippen molar-refractivity contribution in [3.8, 4) is 0 Å². The number of piperidine rings is 1. The van der Waals surface area contributed by atoms with Gasteiger partial charge in [0.1, 0.15) is 0 Å². The van der Waals surface area contributed by atoms with Crippen molar-refractivity contribution >= 4 is 0 Å². The van der Waals surface area contributed by atoms with Gasteiger partial charge in [-0.15, -0.1) is 0 Å². The number of hydrogen-bond donors (Lipinski definition) is 1. The molecular weight excluding hydrogens is 228 g/mol. The molecule has 0 radical (unpaired) electrons. The van der Waals surface area contributed by atoms with Crippen LogP contribution < -0.4 is 5.32 Å². The lowest BCUT2D eigenvalue weighted by Gasteiger charge is -2.38. The zero-order chi connectivity index (χ0) is 12.3. The normalized spacial score (nSPS) is 29.6. The first-order valence-corrected chi connectivity index (χ1v) is 6.75. The molecule has 0 amide bonds. The number of ether oxygens (including phenoxy) is 2. The van der Waals surface area contributed by atoms with Gasteiger partial charge in [-0.05, 0) is 31.5 Å². The molecule has 18 heavy (non-hydrogen) atoms. The van der Waals surface area contributed by atoms with E-state index in [-0.39, 0.29) is 11.7 Å². The van der Waals surface area contributed by atoms with E-state index in [4.69, 9.17) is 9.47 Å². The average Bonchev–Trinajstić information content (AvgIpc) is 2.94. The lowest BCUT2D eigenvalue weighted by molar-refractivity contribution is -0.0644. The molecule has 1 atom stereocenters. The molecule has 0 aromatic carbocycles. The van der Waals surface area contributed by atoms with E-state index >= 15 is 0 Å². The highest BCUT2D eigenvalue weighted by Crippen LogP contribution is 2.36. The third kappa shape index (κ3) is 2.41. The van der Waals surface area contributed by atoms with Crippen LogP contribution in [0.1, 0.15) is 25.0 Å². The van der Waals surface area contributed by atoms with E-state index in [0.29, 0.717) is 0 Å². The number of rotatable bonds is 3. The van der Waals surface area contributed by atoms with Gasteiger partial charge in [0.2, 0.25) is 0 Å². The standard InChI is InChI=1S/C14H20N2O2/c1-2-7-16-12(4-1)14(5-3-6-15-11-14)10-13-17-8-9-18-13/h1-2,4,7,13,15H,3,5-6,8-11H2. The molecule has 1 unspecified atom stereocenters. The second kappa shape index (κ2) is 5.34. The summed E-state index contributed by atoms with van der Waals surface area (Å²) in [5.74, 6) is 0.